The van der Waals surface area contributed by atoms with Gasteiger partial charge in [-0.25, -0.2) is 9.78 Å². The van der Waals surface area contributed by atoms with Crippen LogP contribution >= 0.6 is 0 Å². The van der Waals surface area contributed by atoms with Crippen LogP contribution in [0.3, 0.4) is 0 Å². The SMILES string of the molecule is COCCOCc1nc(C(F)(F)F)ccc1C(=O)OC1=CC(=O)CCC1. The van der Waals surface area contributed by atoms with E-state index in [-0.39, 0.29) is 42.6 Å². The number of hydrogen-bond donors (Lipinski definition) is 0. The highest BCUT2D eigenvalue weighted by atomic mass is 19.4. The summed E-state index contributed by atoms with van der Waals surface area (Å²) in [7, 11) is 1.45. The summed E-state index contributed by atoms with van der Waals surface area (Å²) in [6.07, 6.45) is -2.08. The molecule has 26 heavy (non-hydrogen) atoms. The molecule has 0 unspecified atom stereocenters. The number of pyridine rings is 1. The molecule has 0 spiro atoms. The minimum absolute atomic E-state index is 0.128. The molecule has 0 atom stereocenters. The third-order valence-corrected chi connectivity index (χ3v) is 3.55. The molecule has 0 aliphatic heterocycles. The first-order valence-electron chi connectivity index (χ1n) is 7.90. The summed E-state index contributed by atoms with van der Waals surface area (Å²) in [5, 5.41) is 0. The van der Waals surface area contributed by atoms with Crippen molar-refractivity contribution < 1.29 is 37.0 Å². The van der Waals surface area contributed by atoms with Gasteiger partial charge in [-0.05, 0) is 18.6 Å². The van der Waals surface area contributed by atoms with E-state index in [0.29, 0.717) is 25.3 Å². The van der Waals surface area contributed by atoms with Crippen LogP contribution < -0.4 is 0 Å². The molecule has 9 heteroatoms. The number of ether oxygens (including phenoxy) is 3. The van der Waals surface area contributed by atoms with E-state index in [0.717, 1.165) is 6.07 Å². The topological polar surface area (TPSA) is 74.7 Å². The van der Waals surface area contributed by atoms with Crippen LogP contribution in [0.15, 0.2) is 24.0 Å². The van der Waals surface area contributed by atoms with Gasteiger partial charge in [0.2, 0.25) is 0 Å². The Kier molecular flexibility index (Phi) is 6.87. The largest absolute Gasteiger partial charge is 0.433 e. The van der Waals surface area contributed by atoms with Crippen molar-refractivity contribution in [3.8, 4) is 0 Å². The first kappa shape index (κ1) is 20.1. The maximum atomic E-state index is 12.9. The van der Waals surface area contributed by atoms with Crippen LogP contribution in [0.4, 0.5) is 13.2 Å². The third kappa shape index (κ3) is 5.63. The molecule has 0 radical (unpaired) electrons. The minimum atomic E-state index is -4.65. The van der Waals surface area contributed by atoms with Gasteiger partial charge >= 0.3 is 12.1 Å². The Morgan fingerprint density at radius 3 is 2.65 bits per heavy atom. The second kappa shape index (κ2) is 8.91. The number of nitrogens with zero attached hydrogens (tertiary/aromatic N) is 1. The maximum Gasteiger partial charge on any atom is 0.433 e. The molecule has 0 fully saturated rings. The predicted molar refractivity (Wildman–Crippen MR) is 83.1 cm³/mol. The number of rotatable bonds is 7. The third-order valence-electron chi connectivity index (χ3n) is 3.55. The van der Waals surface area contributed by atoms with Crippen LogP contribution in [-0.4, -0.2) is 37.1 Å². The number of carbonyl (C=O) groups excluding carboxylic acids is 2. The summed E-state index contributed by atoms with van der Waals surface area (Å²) in [4.78, 5) is 27.2. The molecule has 0 bridgehead atoms. The highest BCUT2D eigenvalue weighted by Gasteiger charge is 2.33. The molecule has 1 aromatic rings. The van der Waals surface area contributed by atoms with Crippen molar-refractivity contribution in [3.63, 3.8) is 0 Å². The van der Waals surface area contributed by atoms with Crippen LogP contribution in [0, 0.1) is 0 Å². The monoisotopic (exact) mass is 373 g/mol. The molecule has 1 heterocycles. The van der Waals surface area contributed by atoms with E-state index in [1.165, 1.54) is 13.2 Å². The van der Waals surface area contributed by atoms with E-state index >= 15 is 0 Å². The van der Waals surface area contributed by atoms with Crippen molar-refractivity contribution in [2.24, 2.45) is 0 Å². The normalized spacial score (nSPS) is 14.9. The number of hydrogen-bond acceptors (Lipinski definition) is 6. The summed E-state index contributed by atoms with van der Waals surface area (Å²) in [5.74, 6) is -0.845. The Balaban J connectivity index is 2.21. The molecule has 0 N–H and O–H groups in total. The summed E-state index contributed by atoms with van der Waals surface area (Å²) >= 11 is 0. The van der Waals surface area contributed by atoms with Crippen LogP contribution in [0.5, 0.6) is 0 Å². The smallest absolute Gasteiger partial charge is 0.427 e. The van der Waals surface area contributed by atoms with Crippen LogP contribution in [-0.2, 0) is 31.8 Å². The molecule has 1 aliphatic carbocycles. The highest BCUT2D eigenvalue weighted by Crippen LogP contribution is 2.29. The van der Waals surface area contributed by atoms with Gasteiger partial charge in [0.05, 0.1) is 31.1 Å². The lowest BCUT2D eigenvalue weighted by atomic mass is 10.1. The first-order valence-corrected chi connectivity index (χ1v) is 7.90. The molecule has 6 nitrogen and oxygen atoms in total. The Morgan fingerprint density at radius 1 is 1.23 bits per heavy atom. The number of carbonyl (C=O) groups is 2. The van der Waals surface area contributed by atoms with Gasteiger partial charge in [0, 0.05) is 26.0 Å². The first-order chi connectivity index (χ1) is 12.3. The summed E-state index contributed by atoms with van der Waals surface area (Å²) in [5.41, 5.74) is -1.47. The van der Waals surface area contributed by atoms with E-state index in [1.54, 1.807) is 0 Å². The van der Waals surface area contributed by atoms with E-state index < -0.39 is 17.8 Å². The van der Waals surface area contributed by atoms with Gasteiger partial charge in [-0.3, -0.25) is 4.79 Å². The van der Waals surface area contributed by atoms with Gasteiger partial charge in [0.15, 0.2) is 5.78 Å². The van der Waals surface area contributed by atoms with Crippen molar-refractivity contribution in [2.45, 2.75) is 32.0 Å². The number of aromatic nitrogens is 1. The van der Waals surface area contributed by atoms with Gasteiger partial charge in [0.25, 0.3) is 0 Å². The van der Waals surface area contributed by atoms with Gasteiger partial charge in [0.1, 0.15) is 11.5 Å². The van der Waals surface area contributed by atoms with Crippen LogP contribution in [0.25, 0.3) is 0 Å². The van der Waals surface area contributed by atoms with Crippen molar-refractivity contribution in [1.82, 2.24) is 4.98 Å². The molecule has 0 saturated carbocycles. The van der Waals surface area contributed by atoms with E-state index in [1.807, 2.05) is 0 Å². The van der Waals surface area contributed by atoms with Crippen LogP contribution in [0.2, 0.25) is 0 Å². The van der Waals surface area contributed by atoms with E-state index in [4.69, 9.17) is 14.2 Å². The lowest BCUT2D eigenvalue weighted by molar-refractivity contribution is -0.141. The summed E-state index contributed by atoms with van der Waals surface area (Å²) in [6.45, 7) is 0.0615. The zero-order valence-electron chi connectivity index (χ0n) is 14.1. The average Bonchev–Trinajstić information content (AvgIpc) is 2.57. The number of allylic oxidation sites excluding steroid dienone is 2. The molecule has 1 aromatic heterocycles. The fraction of sp³-hybridized carbons (Fsp3) is 0.471. The fourth-order valence-electron chi connectivity index (χ4n) is 2.28. The lowest BCUT2D eigenvalue weighted by Gasteiger charge is -2.15. The standard InChI is InChI=1S/C17H18F3NO5/c1-24-7-8-25-10-14-13(5-6-15(21-14)17(18,19)20)16(23)26-12-4-2-3-11(22)9-12/h5-6,9H,2-4,7-8,10H2,1H3. The Labute approximate surface area is 147 Å². The minimum Gasteiger partial charge on any atom is -0.427 e. The van der Waals surface area contributed by atoms with E-state index in [9.17, 15) is 22.8 Å². The molecule has 0 amide bonds. The quantitative estimate of drug-likeness (QED) is 0.540. The Morgan fingerprint density at radius 2 is 2.00 bits per heavy atom. The number of methoxy groups -OCH3 is 1. The Bertz CT molecular complexity index is 700. The zero-order chi connectivity index (χ0) is 19.2. The Hall–Kier alpha value is -2.26. The second-order valence-corrected chi connectivity index (χ2v) is 5.55. The fourth-order valence-corrected chi connectivity index (χ4v) is 2.28. The number of esters is 1. The molecule has 1 aliphatic rings. The number of alkyl halides is 3. The molecule has 142 valence electrons. The summed E-state index contributed by atoms with van der Waals surface area (Å²) < 4.78 is 53.7. The molecule has 0 aromatic carbocycles. The van der Waals surface area contributed by atoms with Crippen molar-refractivity contribution >= 4 is 11.8 Å². The van der Waals surface area contributed by atoms with Gasteiger partial charge in [-0.15, -0.1) is 0 Å². The molecular weight excluding hydrogens is 355 g/mol. The predicted octanol–water partition coefficient (Wildman–Crippen LogP) is 3.06. The van der Waals surface area contributed by atoms with Crippen molar-refractivity contribution in [2.75, 3.05) is 20.3 Å². The van der Waals surface area contributed by atoms with Crippen molar-refractivity contribution in [3.05, 3.63) is 40.9 Å². The second-order valence-electron chi connectivity index (χ2n) is 5.55. The van der Waals surface area contributed by atoms with E-state index in [2.05, 4.69) is 4.98 Å². The highest BCUT2D eigenvalue weighted by molar-refractivity contribution is 5.94. The maximum absolute atomic E-state index is 12.9. The average molecular weight is 373 g/mol. The molecule has 0 saturated heterocycles. The molecule has 2 rings (SSSR count). The number of halogens is 3. The van der Waals surface area contributed by atoms with Gasteiger partial charge in [-0.1, -0.05) is 0 Å². The van der Waals surface area contributed by atoms with Crippen molar-refractivity contribution in [1.29, 1.82) is 0 Å². The molecular formula is C17H18F3NO5. The number of ketones is 1. The van der Waals surface area contributed by atoms with Gasteiger partial charge < -0.3 is 14.2 Å². The zero-order valence-corrected chi connectivity index (χ0v) is 14.1. The summed E-state index contributed by atoms with van der Waals surface area (Å²) in [6, 6.07) is 1.70. The van der Waals surface area contributed by atoms with Gasteiger partial charge in [-0.2, -0.15) is 13.2 Å². The van der Waals surface area contributed by atoms with Crippen LogP contribution in [0.1, 0.15) is 41.0 Å². The lowest BCUT2D eigenvalue weighted by Crippen LogP contribution is -2.17.